The lowest BCUT2D eigenvalue weighted by atomic mass is 10.0. The normalized spacial score (nSPS) is 15.4. The number of ether oxygens (including phenoxy) is 2. The first kappa shape index (κ1) is 24.3. The van der Waals surface area contributed by atoms with Crippen LogP contribution in [0.1, 0.15) is 38.5 Å². The number of rotatable bonds is 15. The second kappa shape index (κ2) is 14.4. The molecule has 8 heteroatoms. The lowest BCUT2D eigenvalue weighted by Crippen LogP contribution is -2.24. The van der Waals surface area contributed by atoms with E-state index in [0.717, 1.165) is 12.2 Å². The average Bonchev–Trinajstić information content (AvgIpc) is 2.61. The Morgan fingerprint density at radius 1 is 0.731 bits per heavy atom. The predicted octanol–water partition coefficient (Wildman–Crippen LogP) is 0.229. The molecule has 0 radical (unpaired) electrons. The summed E-state index contributed by atoms with van der Waals surface area (Å²) >= 11 is 0. The van der Waals surface area contributed by atoms with E-state index >= 15 is 0 Å². The van der Waals surface area contributed by atoms with Crippen molar-refractivity contribution in [3.05, 3.63) is 25.3 Å². The minimum Gasteiger partial charge on any atom is -0.460 e. The third kappa shape index (κ3) is 13.5. The number of carbonyl (C=O) groups is 2. The summed E-state index contributed by atoms with van der Waals surface area (Å²) in [6, 6.07) is 0. The van der Waals surface area contributed by atoms with Gasteiger partial charge in [-0.05, 0) is 12.8 Å². The molecule has 8 nitrogen and oxygen atoms in total. The van der Waals surface area contributed by atoms with Crippen LogP contribution < -0.4 is 0 Å². The predicted molar refractivity (Wildman–Crippen MR) is 94.0 cm³/mol. The molecule has 150 valence electrons. The van der Waals surface area contributed by atoms with Crippen molar-refractivity contribution in [2.24, 2.45) is 0 Å². The van der Waals surface area contributed by atoms with Gasteiger partial charge in [0.1, 0.15) is 13.2 Å². The number of aliphatic hydroxyl groups excluding tert-OH is 4. The van der Waals surface area contributed by atoms with E-state index in [4.69, 9.17) is 0 Å². The van der Waals surface area contributed by atoms with Gasteiger partial charge >= 0.3 is 11.9 Å². The maximum atomic E-state index is 10.9. The fraction of sp³-hybridized carbons (Fsp3) is 0.667. The van der Waals surface area contributed by atoms with Gasteiger partial charge < -0.3 is 29.9 Å². The van der Waals surface area contributed by atoms with Crippen molar-refractivity contribution in [2.75, 3.05) is 13.2 Å². The van der Waals surface area contributed by atoms with Crippen LogP contribution in [0.5, 0.6) is 0 Å². The minimum atomic E-state index is -0.951. The number of hydrogen-bond acceptors (Lipinski definition) is 8. The average molecular weight is 374 g/mol. The summed E-state index contributed by atoms with van der Waals surface area (Å²) in [5.74, 6) is -1.26. The fourth-order valence-corrected chi connectivity index (χ4v) is 2.23. The number of esters is 2. The van der Waals surface area contributed by atoms with Gasteiger partial charge in [-0.3, -0.25) is 0 Å². The van der Waals surface area contributed by atoms with E-state index in [1.54, 1.807) is 0 Å². The van der Waals surface area contributed by atoms with Crippen LogP contribution in [0.25, 0.3) is 0 Å². The van der Waals surface area contributed by atoms with E-state index in [0.29, 0.717) is 25.7 Å². The van der Waals surface area contributed by atoms with Gasteiger partial charge in [0, 0.05) is 25.0 Å². The van der Waals surface area contributed by atoms with E-state index in [2.05, 4.69) is 22.6 Å². The second-order valence-electron chi connectivity index (χ2n) is 6.04. The smallest absolute Gasteiger partial charge is 0.330 e. The molecule has 0 aliphatic carbocycles. The molecule has 0 heterocycles. The molecular formula is C18H30O8. The van der Waals surface area contributed by atoms with Crippen LogP contribution in [0.4, 0.5) is 0 Å². The van der Waals surface area contributed by atoms with Crippen LogP contribution in [0, 0.1) is 0 Å². The Labute approximate surface area is 153 Å². The van der Waals surface area contributed by atoms with Crippen LogP contribution in [-0.4, -0.2) is 70.0 Å². The lowest BCUT2D eigenvalue weighted by Gasteiger charge is -2.17. The zero-order valence-corrected chi connectivity index (χ0v) is 15.0. The molecule has 0 aliphatic heterocycles. The molecule has 0 rings (SSSR count). The zero-order valence-electron chi connectivity index (χ0n) is 15.0. The molecule has 0 aromatic rings. The molecule has 0 bridgehead atoms. The molecule has 0 saturated heterocycles. The summed E-state index contributed by atoms with van der Waals surface area (Å²) in [6.07, 6.45) is 0.877. The van der Waals surface area contributed by atoms with E-state index in [1.807, 2.05) is 0 Å². The first-order valence-electron chi connectivity index (χ1n) is 8.59. The number of carbonyl (C=O) groups excluding carboxylic acids is 2. The van der Waals surface area contributed by atoms with Crippen LogP contribution in [-0.2, 0) is 19.1 Å². The summed E-state index contributed by atoms with van der Waals surface area (Å²) in [5, 5.41) is 38.9. The molecule has 0 fully saturated rings. The van der Waals surface area contributed by atoms with Crippen molar-refractivity contribution in [3.8, 4) is 0 Å². The molecule has 0 aromatic carbocycles. The third-order valence-corrected chi connectivity index (χ3v) is 3.58. The van der Waals surface area contributed by atoms with Gasteiger partial charge in [0.15, 0.2) is 0 Å². The molecule has 0 aliphatic rings. The highest BCUT2D eigenvalue weighted by atomic mass is 16.5. The van der Waals surface area contributed by atoms with Crippen molar-refractivity contribution in [3.63, 3.8) is 0 Å². The fourth-order valence-electron chi connectivity index (χ4n) is 2.23. The Bertz CT molecular complexity index is 397. The van der Waals surface area contributed by atoms with Crippen LogP contribution >= 0.6 is 0 Å². The van der Waals surface area contributed by atoms with Gasteiger partial charge in [-0.15, -0.1) is 0 Å². The highest BCUT2D eigenvalue weighted by Crippen LogP contribution is 2.13. The maximum Gasteiger partial charge on any atom is 0.330 e. The van der Waals surface area contributed by atoms with Gasteiger partial charge in [0.2, 0.25) is 0 Å². The van der Waals surface area contributed by atoms with E-state index in [-0.39, 0.29) is 26.1 Å². The first-order valence-corrected chi connectivity index (χ1v) is 8.59. The zero-order chi connectivity index (χ0) is 19.9. The highest BCUT2D eigenvalue weighted by Gasteiger charge is 2.15. The second-order valence-corrected chi connectivity index (χ2v) is 6.04. The first-order chi connectivity index (χ1) is 12.3. The molecule has 0 saturated carbocycles. The number of unbranched alkanes of at least 4 members (excludes halogenated alkanes) is 1. The Balaban J connectivity index is 3.76. The molecule has 4 unspecified atom stereocenters. The van der Waals surface area contributed by atoms with Gasteiger partial charge in [-0.2, -0.15) is 0 Å². The summed E-state index contributed by atoms with van der Waals surface area (Å²) < 4.78 is 9.36. The van der Waals surface area contributed by atoms with Crippen molar-refractivity contribution in [1.29, 1.82) is 0 Å². The monoisotopic (exact) mass is 374 g/mol. The van der Waals surface area contributed by atoms with Gasteiger partial charge in [0.05, 0.1) is 24.4 Å². The van der Waals surface area contributed by atoms with Crippen molar-refractivity contribution in [1.82, 2.24) is 0 Å². The number of aliphatic hydroxyl groups is 4. The molecule has 0 amide bonds. The largest absolute Gasteiger partial charge is 0.460 e. The third-order valence-electron chi connectivity index (χ3n) is 3.58. The summed E-state index contributed by atoms with van der Waals surface area (Å²) in [5.41, 5.74) is 0. The van der Waals surface area contributed by atoms with Crippen molar-refractivity contribution in [2.45, 2.75) is 62.9 Å². The molecule has 4 atom stereocenters. The number of hydrogen-bond donors (Lipinski definition) is 4. The molecule has 26 heavy (non-hydrogen) atoms. The Morgan fingerprint density at radius 2 is 1.08 bits per heavy atom. The van der Waals surface area contributed by atoms with Crippen molar-refractivity contribution >= 4 is 11.9 Å². The quantitative estimate of drug-likeness (QED) is 0.182. The van der Waals surface area contributed by atoms with Crippen LogP contribution in [0.15, 0.2) is 25.3 Å². The van der Waals surface area contributed by atoms with E-state index in [1.165, 1.54) is 0 Å². The summed E-state index contributed by atoms with van der Waals surface area (Å²) in [6.45, 7) is 6.07. The van der Waals surface area contributed by atoms with Crippen molar-refractivity contribution < 1.29 is 39.5 Å². The molecule has 0 spiro atoms. The maximum absolute atomic E-state index is 10.9. The SMILES string of the molecule is C=CC(=O)OCC(O)CC(O)CCCCC(O)CC(O)COC(=O)C=C. The van der Waals surface area contributed by atoms with Crippen LogP contribution in [0.3, 0.4) is 0 Å². The summed E-state index contributed by atoms with van der Waals surface area (Å²) in [7, 11) is 0. The van der Waals surface area contributed by atoms with Gasteiger partial charge in [-0.25, -0.2) is 9.59 Å². The van der Waals surface area contributed by atoms with E-state index in [9.17, 15) is 30.0 Å². The van der Waals surface area contributed by atoms with E-state index < -0.39 is 36.4 Å². The van der Waals surface area contributed by atoms with Gasteiger partial charge in [0.25, 0.3) is 0 Å². The Kier molecular flexibility index (Phi) is 13.5. The molecule has 0 aromatic heterocycles. The Hall–Kier alpha value is -1.74. The lowest BCUT2D eigenvalue weighted by molar-refractivity contribution is -0.142. The van der Waals surface area contributed by atoms with Crippen LogP contribution in [0.2, 0.25) is 0 Å². The topological polar surface area (TPSA) is 134 Å². The standard InChI is InChI=1S/C18H30O8/c1-3-17(23)25-11-15(21)9-13(19)7-5-6-8-14(20)10-16(22)12-26-18(24)4-2/h3-4,13-16,19-22H,1-2,5-12H2. The minimum absolute atomic E-state index is 0.0837. The van der Waals surface area contributed by atoms with Gasteiger partial charge in [-0.1, -0.05) is 26.0 Å². The Morgan fingerprint density at radius 3 is 1.38 bits per heavy atom. The molecule has 4 N–H and O–H groups in total. The molecular weight excluding hydrogens is 344 g/mol. The highest BCUT2D eigenvalue weighted by molar-refractivity contribution is 5.81. The summed E-state index contributed by atoms with van der Waals surface area (Å²) in [4.78, 5) is 21.7.